The topological polar surface area (TPSA) is 80.6 Å². The molecule has 0 radical (unpaired) electrons. The molecule has 1 fully saturated rings. The van der Waals surface area contributed by atoms with Crippen LogP contribution in [0.1, 0.15) is 64.7 Å². The first-order valence-corrected chi connectivity index (χ1v) is 7.74. The molecular formula is C16H27NaO4. The SMILES string of the molecule is CCCCCC(O)/C=C/[C@H]1CCC[C@@](O)(CC(=O)[O-])C1.[Na+]. The third kappa shape index (κ3) is 8.99. The van der Waals surface area contributed by atoms with Crippen molar-refractivity contribution in [3.8, 4) is 0 Å². The van der Waals surface area contributed by atoms with Gasteiger partial charge in [-0.15, -0.1) is 0 Å². The van der Waals surface area contributed by atoms with Crippen molar-refractivity contribution < 1.29 is 49.7 Å². The summed E-state index contributed by atoms with van der Waals surface area (Å²) < 4.78 is 0. The molecule has 0 aromatic heterocycles. The van der Waals surface area contributed by atoms with Gasteiger partial charge in [-0.2, -0.15) is 0 Å². The fourth-order valence-electron chi connectivity index (χ4n) is 2.96. The fourth-order valence-corrected chi connectivity index (χ4v) is 2.96. The Bertz CT molecular complexity index is 332. The number of rotatable bonds is 8. The van der Waals surface area contributed by atoms with Crippen LogP contribution in [-0.2, 0) is 4.79 Å². The maximum absolute atomic E-state index is 10.7. The fraction of sp³-hybridized carbons (Fsp3) is 0.812. The monoisotopic (exact) mass is 306 g/mol. The standard InChI is InChI=1S/C16H28O4.Na/c1-2-3-4-7-14(17)9-8-13-6-5-10-16(20,11-13)12-15(18)19;/h8-9,13-14,17,20H,2-7,10-12H2,1H3,(H,18,19);/q;+1/p-1/b9-8+;/t13-,14?,16+;/m1./s1. The van der Waals surface area contributed by atoms with Crippen molar-refractivity contribution >= 4 is 5.97 Å². The molecular weight excluding hydrogens is 279 g/mol. The van der Waals surface area contributed by atoms with Crippen LogP contribution in [-0.4, -0.2) is 27.9 Å². The molecule has 1 aliphatic carbocycles. The molecule has 4 nitrogen and oxygen atoms in total. The number of carboxylic acids is 1. The molecule has 0 aromatic rings. The van der Waals surface area contributed by atoms with E-state index in [2.05, 4.69) is 6.92 Å². The van der Waals surface area contributed by atoms with Crippen LogP contribution in [0, 0.1) is 5.92 Å². The van der Waals surface area contributed by atoms with E-state index in [1.807, 2.05) is 6.08 Å². The minimum absolute atomic E-state index is 0. The number of aliphatic hydroxyl groups is 2. The number of hydrogen-bond acceptors (Lipinski definition) is 4. The van der Waals surface area contributed by atoms with Crippen LogP contribution in [0.3, 0.4) is 0 Å². The number of hydrogen-bond donors (Lipinski definition) is 2. The van der Waals surface area contributed by atoms with Crippen molar-refractivity contribution in [1.29, 1.82) is 0 Å². The predicted molar refractivity (Wildman–Crippen MR) is 75.8 cm³/mol. The van der Waals surface area contributed by atoms with Crippen LogP contribution in [0.25, 0.3) is 0 Å². The van der Waals surface area contributed by atoms with Gasteiger partial charge in [-0.3, -0.25) is 0 Å². The number of aliphatic carboxylic acids is 1. The molecule has 3 atom stereocenters. The zero-order valence-electron chi connectivity index (χ0n) is 13.4. The Balaban J connectivity index is 0.00000400. The van der Waals surface area contributed by atoms with Crippen molar-refractivity contribution in [3.05, 3.63) is 12.2 Å². The third-order valence-electron chi connectivity index (χ3n) is 4.04. The molecule has 1 aliphatic rings. The van der Waals surface area contributed by atoms with Gasteiger partial charge in [0.1, 0.15) is 0 Å². The van der Waals surface area contributed by atoms with Crippen LogP contribution in [0.15, 0.2) is 12.2 Å². The van der Waals surface area contributed by atoms with Crippen LogP contribution in [0.4, 0.5) is 0 Å². The zero-order valence-corrected chi connectivity index (χ0v) is 15.4. The van der Waals surface area contributed by atoms with Gasteiger partial charge < -0.3 is 20.1 Å². The molecule has 21 heavy (non-hydrogen) atoms. The average Bonchev–Trinajstić information content (AvgIpc) is 2.35. The van der Waals surface area contributed by atoms with Crippen LogP contribution >= 0.6 is 0 Å². The molecule has 0 saturated heterocycles. The Labute approximate surface area is 149 Å². The number of allylic oxidation sites excluding steroid dienone is 1. The third-order valence-corrected chi connectivity index (χ3v) is 4.04. The molecule has 2 N–H and O–H groups in total. The van der Waals surface area contributed by atoms with Gasteiger partial charge in [-0.05, 0) is 38.0 Å². The minimum atomic E-state index is -1.20. The Hall–Kier alpha value is 0.130. The van der Waals surface area contributed by atoms with Crippen molar-refractivity contribution in [2.24, 2.45) is 5.92 Å². The molecule has 0 amide bonds. The van der Waals surface area contributed by atoms with E-state index in [1.54, 1.807) is 6.08 Å². The Morgan fingerprint density at radius 2 is 2.19 bits per heavy atom. The van der Waals surface area contributed by atoms with Crippen LogP contribution < -0.4 is 34.7 Å². The van der Waals surface area contributed by atoms with Gasteiger partial charge in [0.05, 0.1) is 11.7 Å². The van der Waals surface area contributed by atoms with E-state index >= 15 is 0 Å². The summed E-state index contributed by atoms with van der Waals surface area (Å²) in [4.78, 5) is 10.7. The predicted octanol–water partition coefficient (Wildman–Crippen LogP) is -1.45. The van der Waals surface area contributed by atoms with Crippen molar-refractivity contribution in [2.75, 3.05) is 0 Å². The maximum Gasteiger partial charge on any atom is 1.00 e. The van der Waals surface area contributed by atoms with Crippen LogP contribution in [0.2, 0.25) is 0 Å². The van der Waals surface area contributed by atoms with Crippen molar-refractivity contribution in [2.45, 2.75) is 76.4 Å². The van der Waals surface area contributed by atoms with Gasteiger partial charge in [0.15, 0.2) is 0 Å². The number of carbonyl (C=O) groups excluding carboxylic acids is 1. The quantitative estimate of drug-likeness (QED) is 0.327. The zero-order chi connectivity index (χ0) is 15.0. The van der Waals surface area contributed by atoms with Gasteiger partial charge in [0.25, 0.3) is 0 Å². The summed E-state index contributed by atoms with van der Waals surface area (Å²) in [6, 6.07) is 0. The van der Waals surface area contributed by atoms with Crippen molar-refractivity contribution in [3.63, 3.8) is 0 Å². The first-order chi connectivity index (χ1) is 9.45. The first-order valence-electron chi connectivity index (χ1n) is 7.74. The second-order valence-corrected chi connectivity index (χ2v) is 6.08. The molecule has 0 bridgehead atoms. The van der Waals surface area contributed by atoms with Crippen LogP contribution in [0.5, 0.6) is 0 Å². The van der Waals surface area contributed by atoms with Gasteiger partial charge in [-0.1, -0.05) is 38.3 Å². The molecule has 0 heterocycles. The molecule has 0 aliphatic heterocycles. The normalized spacial score (nSPS) is 27.3. The number of carboxylic acid groups (broad SMARTS) is 1. The summed E-state index contributed by atoms with van der Waals surface area (Å²) in [7, 11) is 0. The van der Waals surface area contributed by atoms with Gasteiger partial charge in [0.2, 0.25) is 0 Å². The summed E-state index contributed by atoms with van der Waals surface area (Å²) in [5.74, 6) is -1.05. The molecule has 116 valence electrons. The summed E-state index contributed by atoms with van der Waals surface area (Å²) in [6.45, 7) is 2.13. The molecule has 5 heteroatoms. The molecule has 1 saturated carbocycles. The summed E-state index contributed by atoms with van der Waals surface area (Å²) in [6.07, 6.45) is 9.76. The molecule has 1 rings (SSSR count). The molecule has 0 spiro atoms. The number of unbranched alkanes of at least 4 members (excludes halogenated alkanes) is 2. The second-order valence-electron chi connectivity index (χ2n) is 6.08. The smallest absolute Gasteiger partial charge is 0.550 e. The number of carbonyl (C=O) groups is 1. The number of aliphatic hydroxyl groups excluding tert-OH is 1. The van der Waals surface area contributed by atoms with E-state index in [4.69, 9.17) is 0 Å². The molecule has 1 unspecified atom stereocenters. The molecule has 0 aromatic carbocycles. The van der Waals surface area contributed by atoms with Crippen molar-refractivity contribution in [1.82, 2.24) is 0 Å². The maximum atomic E-state index is 10.7. The summed E-state index contributed by atoms with van der Waals surface area (Å²) in [5, 5.41) is 30.7. The van der Waals surface area contributed by atoms with E-state index in [0.29, 0.717) is 12.8 Å². The largest absolute Gasteiger partial charge is 1.00 e. The average molecular weight is 306 g/mol. The second kappa shape index (κ2) is 10.8. The Morgan fingerprint density at radius 3 is 2.81 bits per heavy atom. The Kier molecular flexibility index (Phi) is 10.9. The van der Waals surface area contributed by atoms with E-state index in [9.17, 15) is 20.1 Å². The van der Waals surface area contributed by atoms with E-state index in [-0.39, 0.29) is 41.9 Å². The van der Waals surface area contributed by atoms with Gasteiger partial charge >= 0.3 is 29.6 Å². The Morgan fingerprint density at radius 1 is 1.48 bits per heavy atom. The summed E-state index contributed by atoms with van der Waals surface area (Å²) in [5.41, 5.74) is -1.14. The van der Waals surface area contributed by atoms with E-state index in [0.717, 1.165) is 38.5 Å². The summed E-state index contributed by atoms with van der Waals surface area (Å²) >= 11 is 0. The van der Waals surface area contributed by atoms with E-state index < -0.39 is 17.7 Å². The van der Waals surface area contributed by atoms with Gasteiger partial charge in [-0.25, -0.2) is 0 Å². The van der Waals surface area contributed by atoms with Gasteiger partial charge in [0, 0.05) is 12.4 Å². The minimum Gasteiger partial charge on any atom is -0.550 e. The first kappa shape index (κ1) is 21.1. The van der Waals surface area contributed by atoms with E-state index in [1.165, 1.54) is 0 Å².